The fourth-order valence-electron chi connectivity index (χ4n) is 0.144. The van der Waals surface area contributed by atoms with E-state index < -0.39 is 0 Å². The van der Waals surface area contributed by atoms with Gasteiger partial charge in [0.15, 0.2) is 9.43 Å². The lowest BCUT2D eigenvalue weighted by Gasteiger charge is -1.83. The number of hydrogen-bond acceptors (Lipinski definition) is 1. The maximum Gasteiger partial charge on any atom is 0.182 e. The lowest BCUT2D eigenvalue weighted by molar-refractivity contribution is 0.455. The molecule has 0 rings (SSSR count). The minimum atomic E-state index is -0.0401. The smallest absolute Gasteiger partial charge is 0.182 e. The summed E-state index contributed by atoms with van der Waals surface area (Å²) < 4.78 is 4.84. The molecule has 0 aliphatic heterocycles. The molecule has 0 aromatic heterocycles. The largest absolute Gasteiger partial charge is 0.422 e. The van der Waals surface area contributed by atoms with E-state index in [9.17, 15) is 0 Å². The van der Waals surface area contributed by atoms with E-state index in [1.165, 1.54) is 0 Å². The average molecular weight is 108 g/mol. The summed E-state index contributed by atoms with van der Waals surface area (Å²) in [6.45, 7) is 2.18. The number of hydrogen-bond donors (Lipinski definition) is 0. The van der Waals surface area contributed by atoms with Crippen molar-refractivity contribution in [2.75, 3.05) is 13.8 Å². The fourth-order valence-corrected chi connectivity index (χ4v) is 1.30. The quantitative estimate of drug-likeness (QED) is 0.355. The first-order valence-corrected chi connectivity index (χ1v) is 5.96. The van der Waals surface area contributed by atoms with Crippen molar-refractivity contribution in [3.05, 3.63) is 0 Å². The van der Waals surface area contributed by atoms with Crippen molar-refractivity contribution in [2.45, 2.75) is 0 Å². The van der Waals surface area contributed by atoms with E-state index in [0.717, 1.165) is 8.13 Å². The molecule has 0 aromatic rings. The summed E-state index contributed by atoms with van der Waals surface area (Å²) in [7, 11) is 2.81. The van der Waals surface area contributed by atoms with Crippen LogP contribution in [0.25, 0.3) is 0 Å². The van der Waals surface area contributed by atoms with Gasteiger partial charge in [-0.15, -0.1) is 8.13 Å². The highest BCUT2D eigenvalue weighted by Gasteiger charge is 1.68. The van der Waals surface area contributed by atoms with Gasteiger partial charge < -0.3 is 4.43 Å². The SMILES string of the molecule is CO[SiH2]PC. The van der Waals surface area contributed by atoms with Gasteiger partial charge in [-0.25, -0.2) is 0 Å². The Morgan fingerprint density at radius 2 is 2.40 bits per heavy atom. The summed E-state index contributed by atoms with van der Waals surface area (Å²) in [6, 6.07) is 0. The lowest BCUT2D eigenvalue weighted by atomic mass is 11.8. The van der Waals surface area contributed by atoms with E-state index in [1.54, 1.807) is 7.11 Å². The Kier molecular flexibility index (Phi) is 5.17. The standard InChI is InChI=1S/C2H9OPSi/c1-3-5-4-2/h4H,5H2,1-2H3. The van der Waals surface area contributed by atoms with Crippen LogP contribution in [-0.4, -0.2) is 23.2 Å². The Morgan fingerprint density at radius 1 is 1.80 bits per heavy atom. The summed E-state index contributed by atoms with van der Waals surface area (Å²) in [5.74, 6) is 0. The van der Waals surface area contributed by atoms with Crippen LogP contribution >= 0.6 is 8.13 Å². The summed E-state index contributed by atoms with van der Waals surface area (Å²) in [4.78, 5) is 0. The van der Waals surface area contributed by atoms with Crippen molar-refractivity contribution in [2.24, 2.45) is 0 Å². The molecule has 0 fully saturated rings. The zero-order chi connectivity index (χ0) is 4.12. The van der Waals surface area contributed by atoms with Gasteiger partial charge in [0.1, 0.15) is 0 Å². The van der Waals surface area contributed by atoms with E-state index in [-0.39, 0.29) is 9.43 Å². The molecule has 32 valence electrons. The normalized spacial score (nSPS) is 13.2. The summed E-state index contributed by atoms with van der Waals surface area (Å²) in [5, 5.41) is 0. The van der Waals surface area contributed by atoms with Crippen LogP contribution < -0.4 is 0 Å². The first kappa shape index (κ1) is 5.61. The molecule has 0 amide bonds. The lowest BCUT2D eigenvalue weighted by Crippen LogP contribution is -1.79. The van der Waals surface area contributed by atoms with Crippen LogP contribution in [0.1, 0.15) is 0 Å². The van der Waals surface area contributed by atoms with Crippen molar-refractivity contribution in [1.82, 2.24) is 0 Å². The Bertz CT molecular complexity index is 17.1. The minimum absolute atomic E-state index is 0.0401. The summed E-state index contributed by atoms with van der Waals surface area (Å²) in [5.41, 5.74) is 0. The van der Waals surface area contributed by atoms with Crippen LogP contribution in [0.4, 0.5) is 0 Å². The predicted octanol–water partition coefficient (Wildman–Crippen LogP) is -0.0601. The van der Waals surface area contributed by atoms with Gasteiger partial charge in [0.05, 0.1) is 0 Å². The van der Waals surface area contributed by atoms with Gasteiger partial charge in [0.2, 0.25) is 0 Å². The second kappa shape index (κ2) is 4.61. The maximum absolute atomic E-state index is 4.84. The first-order valence-electron chi connectivity index (χ1n) is 1.55. The zero-order valence-corrected chi connectivity index (χ0v) is 6.03. The van der Waals surface area contributed by atoms with Gasteiger partial charge in [0, 0.05) is 7.11 Å². The van der Waals surface area contributed by atoms with Crippen LogP contribution in [0, 0.1) is 0 Å². The molecule has 0 aliphatic carbocycles. The average Bonchev–Trinajstić information content (AvgIpc) is 1.41. The Hall–Kier alpha value is 0.607. The highest BCUT2D eigenvalue weighted by Crippen LogP contribution is 1.93. The molecule has 1 nitrogen and oxygen atoms in total. The van der Waals surface area contributed by atoms with Gasteiger partial charge in [-0.1, -0.05) is 0 Å². The van der Waals surface area contributed by atoms with E-state index in [0.29, 0.717) is 0 Å². The summed E-state index contributed by atoms with van der Waals surface area (Å²) in [6.07, 6.45) is 0. The third-order valence-corrected chi connectivity index (χ3v) is 2.60. The molecule has 0 bridgehead atoms. The molecule has 0 saturated carbocycles. The second-order valence-corrected chi connectivity index (χ2v) is 5.35. The van der Waals surface area contributed by atoms with Crippen molar-refractivity contribution in [3.8, 4) is 0 Å². The van der Waals surface area contributed by atoms with Crippen LogP contribution in [0.2, 0.25) is 0 Å². The van der Waals surface area contributed by atoms with Crippen molar-refractivity contribution >= 4 is 17.6 Å². The maximum atomic E-state index is 4.84. The number of rotatable bonds is 2. The van der Waals surface area contributed by atoms with Crippen molar-refractivity contribution < 1.29 is 4.43 Å². The van der Waals surface area contributed by atoms with Crippen molar-refractivity contribution in [3.63, 3.8) is 0 Å². The second-order valence-electron chi connectivity index (χ2n) is 0.787. The molecule has 0 saturated heterocycles. The fraction of sp³-hybridized carbons (Fsp3) is 1.00. The molecular formula is C2H9OPSi. The minimum Gasteiger partial charge on any atom is -0.422 e. The summed E-state index contributed by atoms with van der Waals surface area (Å²) >= 11 is 0. The predicted molar refractivity (Wildman–Crippen MR) is 29.8 cm³/mol. The molecule has 0 N–H and O–H groups in total. The Balaban J connectivity index is 2.19. The van der Waals surface area contributed by atoms with Gasteiger partial charge in [-0.3, -0.25) is 0 Å². The highest BCUT2D eigenvalue weighted by molar-refractivity contribution is 7.69. The molecule has 0 aromatic carbocycles. The van der Waals surface area contributed by atoms with Crippen LogP contribution in [0.15, 0.2) is 0 Å². The van der Waals surface area contributed by atoms with Crippen LogP contribution in [0.5, 0.6) is 0 Å². The molecule has 1 unspecified atom stereocenters. The molecule has 3 heteroatoms. The third kappa shape index (κ3) is 4.61. The topological polar surface area (TPSA) is 9.23 Å². The van der Waals surface area contributed by atoms with Gasteiger partial charge in [0.25, 0.3) is 0 Å². The third-order valence-electron chi connectivity index (χ3n) is 0.289. The molecule has 0 spiro atoms. The first-order chi connectivity index (χ1) is 2.41. The molecule has 0 aliphatic rings. The van der Waals surface area contributed by atoms with Gasteiger partial charge >= 0.3 is 0 Å². The van der Waals surface area contributed by atoms with Gasteiger partial charge in [-0.2, -0.15) is 0 Å². The van der Waals surface area contributed by atoms with E-state index >= 15 is 0 Å². The Morgan fingerprint density at radius 3 is 2.40 bits per heavy atom. The molecule has 0 radical (unpaired) electrons. The highest BCUT2D eigenvalue weighted by atomic mass is 31.3. The van der Waals surface area contributed by atoms with Crippen LogP contribution in [0.3, 0.4) is 0 Å². The molecule has 5 heavy (non-hydrogen) atoms. The zero-order valence-electron chi connectivity index (χ0n) is 3.62. The molecule has 1 atom stereocenters. The Labute approximate surface area is 36.7 Å². The van der Waals surface area contributed by atoms with Gasteiger partial charge in [-0.05, 0) is 6.66 Å². The van der Waals surface area contributed by atoms with E-state index in [4.69, 9.17) is 4.43 Å². The van der Waals surface area contributed by atoms with Crippen molar-refractivity contribution in [1.29, 1.82) is 0 Å². The molecule has 0 heterocycles. The van der Waals surface area contributed by atoms with E-state index in [2.05, 4.69) is 6.66 Å². The van der Waals surface area contributed by atoms with E-state index in [1.807, 2.05) is 0 Å². The monoisotopic (exact) mass is 108 g/mol. The molecular weight excluding hydrogens is 99.1 g/mol. The van der Waals surface area contributed by atoms with Crippen LogP contribution in [-0.2, 0) is 4.43 Å².